The molecule has 2 atom stereocenters. The number of methoxy groups -OCH3 is 2. The maximum atomic E-state index is 13.5. The van der Waals surface area contributed by atoms with E-state index in [0.717, 1.165) is 12.8 Å². The highest BCUT2D eigenvalue weighted by Gasteiger charge is 2.32. The molecule has 18 nitrogen and oxygen atoms in total. The number of hydrogen-bond acceptors (Lipinski definition) is 18. The Labute approximate surface area is 387 Å². The molecule has 8 heterocycles. The standard InChI is InChI=1S/2C22H20N4O5S2/c2*1-29-17-6-3-9-23-19(17)20(22-25-15-5-2-10-24-21(15)32-22)26-33(27,28)14-7-8-16-18(13-14)31-12-4-11-30-16/h2*2-3,5-10,13,20,26H,4,11-12H2,1H3/t2*20-/m10/s1. The quantitative estimate of drug-likeness (QED) is 0.131. The van der Waals surface area contributed by atoms with Crippen LogP contribution in [-0.4, -0.2) is 87.4 Å². The highest BCUT2D eigenvalue weighted by Crippen LogP contribution is 2.38. The summed E-state index contributed by atoms with van der Waals surface area (Å²) in [5.41, 5.74) is 2.15. The number of benzene rings is 2. The molecule has 0 spiro atoms. The predicted molar refractivity (Wildman–Crippen MR) is 245 cm³/mol. The van der Waals surface area contributed by atoms with Crippen LogP contribution in [0.15, 0.2) is 120 Å². The lowest BCUT2D eigenvalue weighted by Crippen LogP contribution is -2.30. The van der Waals surface area contributed by atoms with E-state index in [4.69, 9.17) is 28.4 Å². The highest BCUT2D eigenvalue weighted by molar-refractivity contribution is 7.89. The Morgan fingerprint density at radius 2 is 0.924 bits per heavy atom. The second-order valence-electron chi connectivity index (χ2n) is 14.4. The fraction of sp³-hybridized carbons (Fsp3) is 0.227. The highest BCUT2D eigenvalue weighted by atomic mass is 32.2. The van der Waals surface area contributed by atoms with Crippen molar-refractivity contribution in [1.82, 2.24) is 39.3 Å². The van der Waals surface area contributed by atoms with Crippen LogP contribution in [0.5, 0.6) is 34.5 Å². The van der Waals surface area contributed by atoms with Crippen molar-refractivity contribution in [2.24, 2.45) is 0 Å². The van der Waals surface area contributed by atoms with Gasteiger partial charge in [0.15, 0.2) is 23.0 Å². The van der Waals surface area contributed by atoms with Gasteiger partial charge in [0.2, 0.25) is 20.0 Å². The van der Waals surface area contributed by atoms with E-state index in [0.29, 0.717) is 103 Å². The zero-order valence-electron chi connectivity index (χ0n) is 35.2. The molecule has 2 aliphatic heterocycles. The number of aromatic nitrogens is 6. The van der Waals surface area contributed by atoms with Crippen LogP contribution in [0.3, 0.4) is 0 Å². The van der Waals surface area contributed by atoms with Crippen molar-refractivity contribution in [3.8, 4) is 34.5 Å². The number of nitrogens with zero attached hydrogens (tertiary/aromatic N) is 6. The Hall–Kier alpha value is -6.56. The second-order valence-corrected chi connectivity index (χ2v) is 19.8. The van der Waals surface area contributed by atoms with Crippen molar-refractivity contribution in [1.29, 1.82) is 0 Å². The van der Waals surface area contributed by atoms with E-state index in [1.54, 1.807) is 73.3 Å². The third-order valence-corrected chi connectivity index (χ3v) is 15.0. The fourth-order valence-electron chi connectivity index (χ4n) is 6.92. The molecule has 0 fully saturated rings. The van der Waals surface area contributed by atoms with Crippen LogP contribution in [0, 0.1) is 0 Å². The Bertz CT molecular complexity index is 2960. The van der Waals surface area contributed by atoms with Crippen molar-refractivity contribution >= 4 is 63.4 Å². The monoisotopic (exact) mass is 968 g/mol. The minimum atomic E-state index is -4.00. The number of rotatable bonds is 12. The van der Waals surface area contributed by atoms with Gasteiger partial charge in [-0.15, -0.1) is 0 Å². The fourth-order valence-corrected chi connectivity index (χ4v) is 11.4. The zero-order chi connectivity index (χ0) is 45.7. The topological polar surface area (TPSA) is 225 Å². The van der Waals surface area contributed by atoms with Crippen LogP contribution in [0.1, 0.15) is 46.3 Å². The van der Waals surface area contributed by atoms with Crippen LogP contribution in [0.2, 0.25) is 0 Å². The minimum absolute atomic E-state index is 0.0471. The van der Waals surface area contributed by atoms with Gasteiger partial charge in [-0.1, -0.05) is 22.7 Å². The largest absolute Gasteiger partial charge is 0.495 e. The Balaban J connectivity index is 0.000000166. The molecule has 0 amide bonds. The molecule has 6 aromatic heterocycles. The Morgan fingerprint density at radius 3 is 1.33 bits per heavy atom. The van der Waals surface area contributed by atoms with Crippen LogP contribution in [0.25, 0.3) is 20.7 Å². The molecule has 66 heavy (non-hydrogen) atoms. The zero-order valence-corrected chi connectivity index (χ0v) is 38.5. The number of hydrogen-bond donors (Lipinski definition) is 2. The average molecular weight is 969 g/mol. The first-order valence-corrected chi connectivity index (χ1v) is 24.9. The molecule has 0 aliphatic carbocycles. The number of ether oxygens (including phenoxy) is 6. The van der Waals surface area contributed by atoms with Crippen molar-refractivity contribution in [2.45, 2.75) is 34.7 Å². The molecule has 0 bridgehead atoms. The number of pyridine rings is 4. The molecule has 2 aliphatic rings. The Morgan fingerprint density at radius 1 is 0.530 bits per heavy atom. The average Bonchev–Trinajstić information content (AvgIpc) is 3.80. The summed E-state index contributed by atoms with van der Waals surface area (Å²) in [6, 6.07) is 21.5. The molecular weight excluding hydrogens is 929 g/mol. The first kappa shape index (κ1) is 44.6. The lowest BCUT2D eigenvalue weighted by molar-refractivity contribution is 0.296. The first-order valence-electron chi connectivity index (χ1n) is 20.3. The molecule has 8 aromatic rings. The van der Waals surface area contributed by atoms with Gasteiger partial charge in [-0.25, -0.2) is 36.8 Å². The van der Waals surface area contributed by atoms with E-state index in [1.807, 2.05) is 12.1 Å². The summed E-state index contributed by atoms with van der Waals surface area (Å²) in [4.78, 5) is 28.2. The molecule has 2 aromatic carbocycles. The van der Waals surface area contributed by atoms with E-state index < -0.39 is 32.1 Å². The van der Waals surface area contributed by atoms with Gasteiger partial charge in [0, 0.05) is 49.8 Å². The third kappa shape index (κ3) is 9.69. The number of sulfonamides is 2. The van der Waals surface area contributed by atoms with E-state index in [-0.39, 0.29) is 9.79 Å². The van der Waals surface area contributed by atoms with Gasteiger partial charge in [0.1, 0.15) is 65.7 Å². The number of fused-ring (bicyclic) bond motifs is 4. The molecule has 0 unspecified atom stereocenters. The summed E-state index contributed by atoms with van der Waals surface area (Å²) in [6.45, 7) is 1.95. The normalized spacial score (nSPS) is 14.6. The van der Waals surface area contributed by atoms with E-state index >= 15 is 0 Å². The van der Waals surface area contributed by atoms with Crippen LogP contribution >= 0.6 is 22.7 Å². The summed E-state index contributed by atoms with van der Waals surface area (Å²) < 4.78 is 92.8. The molecule has 2 N–H and O–H groups in total. The van der Waals surface area contributed by atoms with E-state index in [1.165, 1.54) is 61.2 Å². The molecule has 0 saturated heterocycles. The van der Waals surface area contributed by atoms with Crippen LogP contribution in [0.4, 0.5) is 0 Å². The predicted octanol–water partition coefficient (Wildman–Crippen LogP) is 6.65. The van der Waals surface area contributed by atoms with Gasteiger partial charge >= 0.3 is 0 Å². The van der Waals surface area contributed by atoms with Gasteiger partial charge in [-0.3, -0.25) is 9.97 Å². The lowest BCUT2D eigenvalue weighted by Gasteiger charge is -2.19. The van der Waals surface area contributed by atoms with Crippen LogP contribution < -0.4 is 37.9 Å². The molecule has 22 heteroatoms. The Kier molecular flexibility index (Phi) is 13.2. The van der Waals surface area contributed by atoms with Crippen molar-refractivity contribution < 1.29 is 45.3 Å². The molecule has 0 radical (unpaired) electrons. The SMILES string of the molecule is COc1cccnc1[C@@H](NS(=O)(=O)c1ccc2c(c1)OCCCO2)c1nc2cccnc2s1.COc1cccnc1[C@H](NS(=O)(=O)c1ccc2c(c1)OCCCO2)c1nc2cccnc2s1. The summed E-state index contributed by atoms with van der Waals surface area (Å²) in [6.07, 6.45) is 7.95. The minimum Gasteiger partial charge on any atom is -0.495 e. The van der Waals surface area contributed by atoms with E-state index in [9.17, 15) is 16.8 Å². The summed E-state index contributed by atoms with van der Waals surface area (Å²) in [5.74, 6) is 2.71. The smallest absolute Gasteiger partial charge is 0.241 e. The number of nitrogens with one attached hydrogen (secondary N) is 2. The van der Waals surface area contributed by atoms with Gasteiger partial charge in [0.25, 0.3) is 0 Å². The van der Waals surface area contributed by atoms with E-state index in [2.05, 4.69) is 39.3 Å². The van der Waals surface area contributed by atoms with Crippen LogP contribution in [-0.2, 0) is 20.0 Å². The summed E-state index contributed by atoms with van der Waals surface area (Å²) >= 11 is 2.58. The number of thiazole rings is 2. The summed E-state index contributed by atoms with van der Waals surface area (Å²) in [7, 11) is -4.98. The van der Waals surface area contributed by atoms with Crippen molar-refractivity contribution in [2.75, 3.05) is 40.6 Å². The maximum Gasteiger partial charge on any atom is 0.241 e. The molecule has 10 rings (SSSR count). The van der Waals surface area contributed by atoms with Gasteiger partial charge in [-0.05, 0) is 72.8 Å². The molecular formula is C44H40N8O10S4. The molecule has 0 saturated carbocycles. The van der Waals surface area contributed by atoms with Gasteiger partial charge in [-0.2, -0.15) is 9.44 Å². The third-order valence-electron chi connectivity index (χ3n) is 10.1. The first-order chi connectivity index (χ1) is 32.1. The maximum absolute atomic E-state index is 13.5. The second kappa shape index (κ2) is 19.5. The van der Waals surface area contributed by atoms with Crippen molar-refractivity contribution in [3.63, 3.8) is 0 Å². The van der Waals surface area contributed by atoms with Gasteiger partial charge in [0.05, 0.1) is 50.4 Å². The molecule has 340 valence electrons. The van der Waals surface area contributed by atoms with Gasteiger partial charge < -0.3 is 28.4 Å². The summed E-state index contributed by atoms with van der Waals surface area (Å²) in [5, 5.41) is 0.997. The lowest BCUT2D eigenvalue weighted by atomic mass is 10.2. The van der Waals surface area contributed by atoms with Crippen molar-refractivity contribution in [3.05, 3.63) is 131 Å².